The van der Waals surface area contributed by atoms with Crippen LogP contribution in [0.1, 0.15) is 38.5 Å². The summed E-state index contributed by atoms with van der Waals surface area (Å²) in [5.41, 5.74) is 0. The lowest BCUT2D eigenvalue weighted by molar-refractivity contribution is -0.0566. The molecular weight excluding hydrogens is 152 g/mol. The van der Waals surface area contributed by atoms with E-state index in [1.165, 1.54) is 25.7 Å². The minimum absolute atomic E-state index is 0.440. The van der Waals surface area contributed by atoms with Crippen molar-refractivity contribution < 1.29 is 10.2 Å². The summed E-state index contributed by atoms with van der Waals surface area (Å²) in [7, 11) is 0. The summed E-state index contributed by atoms with van der Waals surface area (Å²) in [6, 6.07) is 0. The molecule has 0 aromatic heterocycles. The zero-order valence-electron chi connectivity index (χ0n) is 7.45. The second kappa shape index (κ2) is 3.35. The Morgan fingerprint density at radius 3 is 1.58 bits per heavy atom. The summed E-state index contributed by atoms with van der Waals surface area (Å²) in [6.07, 6.45) is 5.99. The molecule has 2 aliphatic carbocycles. The third-order valence-corrected chi connectivity index (χ3v) is 3.60. The van der Waals surface area contributed by atoms with Crippen LogP contribution in [0.3, 0.4) is 0 Å². The number of aliphatic hydroxyl groups excluding tert-OH is 2. The molecule has 2 fully saturated rings. The summed E-state index contributed by atoms with van der Waals surface area (Å²) < 4.78 is 0. The SMILES string of the molecule is O[C@@H]1C[C@@H]2CCCC[C@H]2C[C@@H]1O. The van der Waals surface area contributed by atoms with E-state index >= 15 is 0 Å². The third-order valence-electron chi connectivity index (χ3n) is 3.60. The lowest BCUT2D eigenvalue weighted by atomic mass is 9.69. The maximum absolute atomic E-state index is 9.47. The van der Waals surface area contributed by atoms with Crippen molar-refractivity contribution in [3.8, 4) is 0 Å². The second-order valence-electron chi connectivity index (χ2n) is 4.41. The van der Waals surface area contributed by atoms with Crippen LogP contribution in [-0.2, 0) is 0 Å². The first kappa shape index (κ1) is 8.52. The van der Waals surface area contributed by atoms with Crippen LogP contribution >= 0.6 is 0 Å². The number of aliphatic hydroxyl groups is 2. The van der Waals surface area contributed by atoms with Gasteiger partial charge in [0.05, 0.1) is 12.2 Å². The molecule has 0 spiro atoms. The van der Waals surface area contributed by atoms with Gasteiger partial charge in [0.15, 0.2) is 0 Å². The fourth-order valence-electron chi connectivity index (χ4n) is 2.84. The molecule has 0 aromatic rings. The van der Waals surface area contributed by atoms with Crippen molar-refractivity contribution in [1.29, 1.82) is 0 Å². The fourth-order valence-corrected chi connectivity index (χ4v) is 2.84. The molecule has 0 radical (unpaired) electrons. The molecule has 2 nitrogen and oxygen atoms in total. The van der Waals surface area contributed by atoms with E-state index in [0.29, 0.717) is 11.8 Å². The van der Waals surface area contributed by atoms with Gasteiger partial charge in [0, 0.05) is 0 Å². The quantitative estimate of drug-likeness (QED) is 0.575. The van der Waals surface area contributed by atoms with Crippen molar-refractivity contribution in [2.75, 3.05) is 0 Å². The van der Waals surface area contributed by atoms with Crippen molar-refractivity contribution in [1.82, 2.24) is 0 Å². The summed E-state index contributed by atoms with van der Waals surface area (Å²) in [5, 5.41) is 18.9. The Bertz CT molecular complexity index is 140. The van der Waals surface area contributed by atoms with E-state index in [0.717, 1.165) is 12.8 Å². The lowest BCUT2D eigenvalue weighted by Gasteiger charge is -2.40. The summed E-state index contributed by atoms with van der Waals surface area (Å²) >= 11 is 0. The predicted molar refractivity (Wildman–Crippen MR) is 46.7 cm³/mol. The van der Waals surface area contributed by atoms with Crippen molar-refractivity contribution in [2.24, 2.45) is 11.8 Å². The average molecular weight is 170 g/mol. The molecule has 0 saturated heterocycles. The first-order chi connectivity index (χ1) is 5.77. The number of hydrogen-bond donors (Lipinski definition) is 2. The number of fused-ring (bicyclic) bond motifs is 1. The highest BCUT2D eigenvalue weighted by Gasteiger charge is 2.36. The molecule has 2 aliphatic rings. The molecule has 2 saturated carbocycles. The third kappa shape index (κ3) is 1.50. The predicted octanol–water partition coefficient (Wildman–Crippen LogP) is 1.31. The number of hydrogen-bond acceptors (Lipinski definition) is 2. The molecule has 0 heterocycles. The molecule has 2 rings (SSSR count). The minimum atomic E-state index is -0.440. The molecule has 0 amide bonds. The summed E-state index contributed by atoms with van der Waals surface area (Å²) in [4.78, 5) is 0. The Morgan fingerprint density at radius 2 is 1.17 bits per heavy atom. The Morgan fingerprint density at radius 1 is 0.750 bits per heavy atom. The molecule has 12 heavy (non-hydrogen) atoms. The van der Waals surface area contributed by atoms with Gasteiger partial charge in [-0.1, -0.05) is 25.7 Å². The monoisotopic (exact) mass is 170 g/mol. The normalized spacial score (nSPS) is 48.5. The molecule has 0 aromatic carbocycles. The van der Waals surface area contributed by atoms with Crippen molar-refractivity contribution in [3.05, 3.63) is 0 Å². The smallest absolute Gasteiger partial charge is 0.0802 e. The maximum Gasteiger partial charge on any atom is 0.0802 e. The molecule has 0 aliphatic heterocycles. The summed E-state index contributed by atoms with van der Waals surface area (Å²) in [6.45, 7) is 0. The molecule has 0 unspecified atom stereocenters. The van der Waals surface area contributed by atoms with Gasteiger partial charge in [0.2, 0.25) is 0 Å². The van der Waals surface area contributed by atoms with Crippen molar-refractivity contribution in [3.63, 3.8) is 0 Å². The zero-order valence-corrected chi connectivity index (χ0v) is 7.45. The Labute approximate surface area is 73.6 Å². The average Bonchev–Trinajstić information content (AvgIpc) is 2.07. The van der Waals surface area contributed by atoms with Crippen LogP contribution in [0.5, 0.6) is 0 Å². The van der Waals surface area contributed by atoms with Crippen molar-refractivity contribution in [2.45, 2.75) is 50.7 Å². The second-order valence-corrected chi connectivity index (χ2v) is 4.41. The van der Waals surface area contributed by atoms with E-state index in [9.17, 15) is 10.2 Å². The first-order valence-corrected chi connectivity index (χ1v) is 5.13. The van der Waals surface area contributed by atoms with Crippen LogP contribution in [0.25, 0.3) is 0 Å². The van der Waals surface area contributed by atoms with Gasteiger partial charge in [-0.25, -0.2) is 0 Å². The Hall–Kier alpha value is -0.0800. The molecule has 70 valence electrons. The van der Waals surface area contributed by atoms with Crippen LogP contribution in [0.2, 0.25) is 0 Å². The Balaban J connectivity index is 1.98. The van der Waals surface area contributed by atoms with Gasteiger partial charge in [0.1, 0.15) is 0 Å². The van der Waals surface area contributed by atoms with Crippen LogP contribution in [0.4, 0.5) is 0 Å². The largest absolute Gasteiger partial charge is 0.390 e. The Kier molecular flexibility index (Phi) is 2.37. The zero-order chi connectivity index (χ0) is 8.55. The van der Waals surface area contributed by atoms with Crippen LogP contribution in [0.15, 0.2) is 0 Å². The highest BCUT2D eigenvalue weighted by Crippen LogP contribution is 2.40. The molecular formula is C10H18O2. The van der Waals surface area contributed by atoms with E-state index in [1.54, 1.807) is 0 Å². The first-order valence-electron chi connectivity index (χ1n) is 5.13. The highest BCUT2D eigenvalue weighted by atomic mass is 16.3. The van der Waals surface area contributed by atoms with E-state index < -0.39 is 12.2 Å². The van der Waals surface area contributed by atoms with Gasteiger partial charge in [-0.2, -0.15) is 0 Å². The highest BCUT2D eigenvalue weighted by molar-refractivity contribution is 4.87. The van der Waals surface area contributed by atoms with E-state index in [1.807, 2.05) is 0 Å². The van der Waals surface area contributed by atoms with Crippen LogP contribution in [-0.4, -0.2) is 22.4 Å². The van der Waals surface area contributed by atoms with Gasteiger partial charge < -0.3 is 10.2 Å². The van der Waals surface area contributed by atoms with E-state index in [2.05, 4.69) is 0 Å². The van der Waals surface area contributed by atoms with E-state index in [-0.39, 0.29) is 0 Å². The van der Waals surface area contributed by atoms with Crippen molar-refractivity contribution >= 4 is 0 Å². The van der Waals surface area contributed by atoms with Crippen LogP contribution in [0, 0.1) is 11.8 Å². The maximum atomic E-state index is 9.47. The lowest BCUT2D eigenvalue weighted by Crippen LogP contribution is -2.40. The van der Waals surface area contributed by atoms with Gasteiger partial charge in [-0.15, -0.1) is 0 Å². The summed E-state index contributed by atoms with van der Waals surface area (Å²) in [5.74, 6) is 1.41. The molecule has 0 bridgehead atoms. The van der Waals surface area contributed by atoms with Gasteiger partial charge >= 0.3 is 0 Å². The van der Waals surface area contributed by atoms with Gasteiger partial charge in [-0.3, -0.25) is 0 Å². The standard InChI is InChI=1S/C10H18O2/c11-9-5-7-3-1-2-4-8(7)6-10(9)12/h7-12H,1-6H2/t7-,8-,9-,10+/m0/s1. The van der Waals surface area contributed by atoms with Gasteiger partial charge in [-0.05, 0) is 24.7 Å². The fraction of sp³-hybridized carbons (Fsp3) is 1.00. The number of rotatable bonds is 0. The molecule has 2 N–H and O–H groups in total. The van der Waals surface area contributed by atoms with Gasteiger partial charge in [0.25, 0.3) is 0 Å². The molecule has 2 heteroatoms. The minimum Gasteiger partial charge on any atom is -0.390 e. The molecule has 4 atom stereocenters. The topological polar surface area (TPSA) is 40.5 Å². The van der Waals surface area contributed by atoms with E-state index in [4.69, 9.17) is 0 Å². The van der Waals surface area contributed by atoms with Crippen LogP contribution < -0.4 is 0 Å².